The molecule has 3 atom stereocenters. The first-order valence-corrected chi connectivity index (χ1v) is 11.7. The van der Waals surface area contributed by atoms with Crippen LogP contribution in [0, 0.1) is 5.41 Å². The number of nitrogens with one attached hydrogen (secondary N) is 1. The fraction of sp³-hybridized carbons (Fsp3) is 0.417. The number of hydrogen-bond donors (Lipinski definition) is 3. The molecule has 0 saturated heterocycles. The van der Waals surface area contributed by atoms with E-state index < -0.39 is 29.3 Å². The van der Waals surface area contributed by atoms with Gasteiger partial charge in [-0.3, -0.25) is 4.79 Å². The average molecular weight is 473 g/mol. The normalized spacial score (nSPS) is 24.4. The molecule has 0 radical (unpaired) electrons. The van der Waals surface area contributed by atoms with E-state index in [2.05, 4.69) is 10.2 Å². The van der Waals surface area contributed by atoms with Crippen molar-refractivity contribution >= 4 is 23.3 Å². The van der Waals surface area contributed by atoms with E-state index >= 15 is 0 Å². The molecule has 0 aliphatic carbocycles. The highest BCUT2D eigenvalue weighted by Gasteiger charge is 2.57. The van der Waals surface area contributed by atoms with Crippen LogP contribution in [0.1, 0.15) is 42.2 Å². The van der Waals surface area contributed by atoms with Gasteiger partial charge in [0.1, 0.15) is 12.0 Å². The first-order chi connectivity index (χ1) is 15.8. The first-order valence-electron chi connectivity index (χ1n) is 10.8. The van der Waals surface area contributed by atoms with Gasteiger partial charge in [0.15, 0.2) is 5.75 Å². The van der Waals surface area contributed by atoms with Crippen LogP contribution in [0.25, 0.3) is 0 Å². The monoisotopic (exact) mass is 472 g/mol. The standard InChI is InChI=1S/C24H28N2O6S/c1-14-19(22(27)28)20(18-8-4-6-16-13-31-32-21(16)18)24(23(29)30,15(2)25-14)9-10-26(3)12-17-7-5-11-33-17/h4-8,11,15,20,25H,9-10,12-13H2,1-3H3,(H,27,28)(H,29,30). The Balaban J connectivity index is 1.79. The predicted molar refractivity (Wildman–Crippen MR) is 123 cm³/mol. The van der Waals surface area contributed by atoms with Crippen LogP contribution in [0.2, 0.25) is 0 Å². The third-order valence-electron chi connectivity index (χ3n) is 6.75. The Hall–Kier alpha value is -2.88. The zero-order chi connectivity index (χ0) is 23.8. The zero-order valence-corrected chi connectivity index (χ0v) is 19.6. The summed E-state index contributed by atoms with van der Waals surface area (Å²) in [5, 5.41) is 26.0. The first kappa shape index (κ1) is 23.3. The second kappa shape index (κ2) is 9.17. The second-order valence-corrected chi connectivity index (χ2v) is 9.77. The summed E-state index contributed by atoms with van der Waals surface area (Å²) in [6.45, 7) is 4.90. The van der Waals surface area contributed by atoms with E-state index in [1.165, 1.54) is 4.88 Å². The van der Waals surface area contributed by atoms with Gasteiger partial charge < -0.3 is 25.3 Å². The molecule has 3 heterocycles. The molecule has 0 saturated carbocycles. The molecule has 2 aliphatic rings. The molecular formula is C24H28N2O6S. The number of allylic oxidation sites excluding steroid dienone is 1. The summed E-state index contributed by atoms with van der Waals surface area (Å²) in [6, 6.07) is 8.89. The van der Waals surface area contributed by atoms with Crippen LogP contribution < -0.4 is 10.2 Å². The maximum absolute atomic E-state index is 13.0. The quantitative estimate of drug-likeness (QED) is 0.500. The molecule has 2 aliphatic heterocycles. The number of aliphatic carboxylic acids is 2. The van der Waals surface area contributed by atoms with Crippen LogP contribution in [0.15, 0.2) is 47.0 Å². The molecule has 4 rings (SSSR count). The second-order valence-electron chi connectivity index (χ2n) is 8.74. The van der Waals surface area contributed by atoms with Crippen molar-refractivity contribution in [1.82, 2.24) is 10.2 Å². The molecule has 0 amide bonds. The van der Waals surface area contributed by atoms with Crippen LogP contribution in [0.3, 0.4) is 0 Å². The van der Waals surface area contributed by atoms with Crippen LogP contribution in [0.4, 0.5) is 0 Å². The summed E-state index contributed by atoms with van der Waals surface area (Å²) in [4.78, 5) is 39.3. The molecule has 176 valence electrons. The van der Waals surface area contributed by atoms with Crippen molar-refractivity contribution in [2.24, 2.45) is 5.41 Å². The van der Waals surface area contributed by atoms with Gasteiger partial charge in [-0.25, -0.2) is 4.79 Å². The topological polar surface area (TPSA) is 108 Å². The van der Waals surface area contributed by atoms with E-state index in [9.17, 15) is 19.8 Å². The Bertz CT molecular complexity index is 1080. The number of fused-ring (bicyclic) bond motifs is 1. The van der Waals surface area contributed by atoms with Crippen LogP contribution >= 0.6 is 11.3 Å². The minimum atomic E-state index is -1.42. The van der Waals surface area contributed by atoms with E-state index in [-0.39, 0.29) is 18.6 Å². The third-order valence-corrected chi connectivity index (χ3v) is 7.61. The van der Waals surface area contributed by atoms with E-state index in [1.54, 1.807) is 30.4 Å². The Labute approximate surface area is 196 Å². The summed E-state index contributed by atoms with van der Waals surface area (Å²) >= 11 is 1.65. The highest BCUT2D eigenvalue weighted by molar-refractivity contribution is 7.09. The zero-order valence-electron chi connectivity index (χ0n) is 18.8. The number of hydrogen-bond acceptors (Lipinski definition) is 7. The van der Waals surface area contributed by atoms with Crippen molar-refractivity contribution in [3.05, 3.63) is 63.0 Å². The minimum Gasteiger partial charge on any atom is -0.481 e. The molecular weight excluding hydrogens is 444 g/mol. The van der Waals surface area contributed by atoms with Crippen LogP contribution in [0.5, 0.6) is 5.75 Å². The van der Waals surface area contributed by atoms with E-state index in [1.807, 2.05) is 37.6 Å². The number of carbonyl (C=O) groups is 2. The maximum atomic E-state index is 13.0. The summed E-state index contributed by atoms with van der Waals surface area (Å²) < 4.78 is 0. The lowest BCUT2D eigenvalue weighted by Crippen LogP contribution is -2.57. The van der Waals surface area contributed by atoms with Crippen molar-refractivity contribution in [1.29, 1.82) is 0 Å². The molecule has 8 nitrogen and oxygen atoms in total. The van der Waals surface area contributed by atoms with E-state index in [0.717, 1.165) is 5.56 Å². The highest BCUT2D eigenvalue weighted by atomic mass is 32.1. The largest absolute Gasteiger partial charge is 0.481 e. The Morgan fingerprint density at radius 1 is 1.27 bits per heavy atom. The molecule has 0 spiro atoms. The van der Waals surface area contributed by atoms with Gasteiger partial charge in [-0.15, -0.1) is 11.3 Å². The van der Waals surface area contributed by atoms with Crippen molar-refractivity contribution in [2.45, 2.75) is 45.4 Å². The van der Waals surface area contributed by atoms with Crippen molar-refractivity contribution in [2.75, 3.05) is 13.6 Å². The lowest BCUT2D eigenvalue weighted by molar-refractivity contribution is -0.195. The minimum absolute atomic E-state index is 0.0420. The molecule has 3 N–H and O–H groups in total. The molecule has 33 heavy (non-hydrogen) atoms. The van der Waals surface area contributed by atoms with Gasteiger partial charge in [0.05, 0.1) is 5.57 Å². The van der Waals surface area contributed by atoms with Gasteiger partial charge in [0, 0.05) is 40.2 Å². The molecule has 3 unspecified atom stereocenters. The predicted octanol–water partition coefficient (Wildman–Crippen LogP) is 3.60. The van der Waals surface area contributed by atoms with Gasteiger partial charge in [-0.05, 0) is 45.3 Å². The van der Waals surface area contributed by atoms with Gasteiger partial charge in [0.25, 0.3) is 0 Å². The molecule has 0 bridgehead atoms. The van der Waals surface area contributed by atoms with Gasteiger partial charge in [-0.2, -0.15) is 4.89 Å². The summed E-state index contributed by atoms with van der Waals surface area (Å²) in [6.07, 6.45) is 0.248. The Kier molecular flexibility index (Phi) is 6.47. The van der Waals surface area contributed by atoms with Crippen molar-refractivity contribution in [3.8, 4) is 5.75 Å². The van der Waals surface area contributed by atoms with Gasteiger partial charge in [0.2, 0.25) is 0 Å². The summed E-state index contributed by atoms with van der Waals surface area (Å²) in [5.41, 5.74) is 0.382. The fourth-order valence-corrected chi connectivity index (χ4v) is 5.86. The lowest BCUT2D eigenvalue weighted by atomic mass is 9.60. The number of carboxylic acid groups (broad SMARTS) is 2. The number of thiophene rings is 1. The number of rotatable bonds is 8. The average Bonchev–Trinajstić information content (AvgIpc) is 3.43. The van der Waals surface area contributed by atoms with E-state index in [0.29, 0.717) is 30.1 Å². The maximum Gasteiger partial charge on any atom is 0.333 e. The third kappa shape index (κ3) is 4.12. The van der Waals surface area contributed by atoms with Crippen LogP contribution in [-0.2, 0) is 27.6 Å². The number of nitrogens with zero attached hydrogens (tertiary/aromatic N) is 1. The highest BCUT2D eigenvalue weighted by Crippen LogP contribution is 2.53. The molecule has 0 fully saturated rings. The Morgan fingerprint density at radius 3 is 2.73 bits per heavy atom. The lowest BCUT2D eigenvalue weighted by Gasteiger charge is -2.47. The fourth-order valence-electron chi connectivity index (χ4n) is 5.07. The van der Waals surface area contributed by atoms with Crippen molar-refractivity contribution in [3.63, 3.8) is 0 Å². The van der Waals surface area contributed by atoms with Crippen LogP contribution in [-0.4, -0.2) is 46.7 Å². The summed E-state index contributed by atoms with van der Waals surface area (Å²) in [5.74, 6) is -2.69. The molecule has 9 heteroatoms. The molecule has 1 aromatic carbocycles. The SMILES string of the molecule is CC1=C(C(=O)O)C(c2cccc3c2OOC3)C(CCN(C)Cc2cccs2)(C(=O)O)C(C)N1. The van der Waals surface area contributed by atoms with Crippen molar-refractivity contribution < 1.29 is 29.6 Å². The van der Waals surface area contributed by atoms with Gasteiger partial charge in [-0.1, -0.05) is 24.3 Å². The molecule has 1 aromatic heterocycles. The number of para-hydroxylation sites is 1. The Morgan fingerprint density at radius 2 is 2.06 bits per heavy atom. The number of benzene rings is 1. The summed E-state index contributed by atoms with van der Waals surface area (Å²) in [7, 11) is 1.95. The molecule has 2 aromatic rings. The number of carboxylic acids is 2. The van der Waals surface area contributed by atoms with Gasteiger partial charge >= 0.3 is 11.9 Å². The smallest absolute Gasteiger partial charge is 0.333 e. The van der Waals surface area contributed by atoms with E-state index in [4.69, 9.17) is 9.78 Å².